The summed E-state index contributed by atoms with van der Waals surface area (Å²) >= 11 is 8.35. The fraction of sp³-hybridized carbons (Fsp3) is 0.483. The molecule has 6 aromatic rings. The van der Waals surface area contributed by atoms with Gasteiger partial charge in [0.05, 0.1) is 86.1 Å². The van der Waals surface area contributed by atoms with E-state index >= 15 is 4.39 Å². The highest BCUT2D eigenvalue weighted by molar-refractivity contribution is 7.13. The number of aromatic hydroxyl groups is 1. The number of halogens is 2. The maximum Gasteiger partial charge on any atom is 0.246 e. The number of fused-ring (bicyclic) bond motifs is 2. The molecule has 8 rings (SSSR count). The first-order valence-corrected chi connectivity index (χ1v) is 29.1. The van der Waals surface area contributed by atoms with Crippen molar-refractivity contribution in [2.45, 2.75) is 84.5 Å². The van der Waals surface area contributed by atoms with E-state index in [0.29, 0.717) is 102 Å². The minimum atomic E-state index is -0.984. The number of thiazole rings is 1. The fourth-order valence-corrected chi connectivity index (χ4v) is 11.3. The summed E-state index contributed by atoms with van der Waals surface area (Å²) in [5.41, 5.74) is 4.73. The van der Waals surface area contributed by atoms with E-state index in [9.17, 15) is 29.4 Å². The number of aliphatic hydroxyl groups is 1. The fourth-order valence-electron chi connectivity index (χ4n) is 10.2. The third-order valence-corrected chi connectivity index (χ3v) is 15.8. The minimum absolute atomic E-state index is 0.000209. The van der Waals surface area contributed by atoms with Crippen molar-refractivity contribution in [1.82, 2.24) is 35.4 Å². The van der Waals surface area contributed by atoms with Crippen molar-refractivity contribution in [2.24, 2.45) is 5.41 Å². The number of nitrogens with zero attached hydrogens (tertiary/aromatic N) is 6. The number of phenolic OH excluding ortho intramolecular Hbond substituents is 1. The van der Waals surface area contributed by atoms with Crippen LogP contribution in [0.25, 0.3) is 43.2 Å². The molecule has 4 heterocycles. The Labute approximate surface area is 486 Å². The Morgan fingerprint density at radius 1 is 0.817 bits per heavy atom. The number of anilines is 1. The molecule has 0 bridgehead atoms. The van der Waals surface area contributed by atoms with Crippen LogP contribution in [0.15, 0.2) is 78.6 Å². The molecular weight excluding hydrogens is 1100 g/mol. The van der Waals surface area contributed by atoms with Gasteiger partial charge in [0.2, 0.25) is 23.6 Å². The lowest BCUT2D eigenvalue weighted by Crippen LogP contribution is -2.58. The summed E-state index contributed by atoms with van der Waals surface area (Å²) in [5, 5.41) is 29.0. The van der Waals surface area contributed by atoms with Crippen molar-refractivity contribution in [2.75, 3.05) is 104 Å². The lowest BCUT2D eigenvalue weighted by molar-refractivity contribution is -0.144. The van der Waals surface area contributed by atoms with Gasteiger partial charge in [-0.05, 0) is 77.8 Å². The number of phenols is 1. The lowest BCUT2D eigenvalue weighted by Gasteiger charge is -2.36. The van der Waals surface area contributed by atoms with Crippen molar-refractivity contribution in [3.63, 3.8) is 0 Å². The number of rotatable bonds is 27. The average molecular weight is 1170 g/mol. The number of hydrogen-bond acceptors (Lipinski definition) is 16. The Kier molecular flexibility index (Phi) is 21.9. The summed E-state index contributed by atoms with van der Waals surface area (Å²) in [6.45, 7) is 14.1. The molecule has 2 aliphatic rings. The van der Waals surface area contributed by atoms with Crippen LogP contribution in [0.3, 0.4) is 0 Å². The Morgan fingerprint density at radius 3 is 2.13 bits per heavy atom. The Balaban J connectivity index is 0.631. The van der Waals surface area contributed by atoms with Gasteiger partial charge in [-0.25, -0.2) is 19.3 Å². The van der Waals surface area contributed by atoms with Crippen LogP contribution in [-0.2, 0) is 42.9 Å². The number of unbranched alkanes of at least 4 members (excludes halogenated alkanes) is 1. The highest BCUT2D eigenvalue weighted by Crippen LogP contribution is 2.42. The zero-order valence-electron chi connectivity index (χ0n) is 47.2. The highest BCUT2D eigenvalue weighted by Gasteiger charge is 2.45. The third-order valence-electron chi connectivity index (χ3n) is 14.6. The normalized spacial score (nSPS) is 16.5. The summed E-state index contributed by atoms with van der Waals surface area (Å²) in [4.78, 5) is 73.2. The quantitative estimate of drug-likeness (QED) is 0.0363. The molecule has 2 aromatic heterocycles. The number of ether oxygens (including phenoxy) is 5. The molecule has 2 aliphatic heterocycles. The summed E-state index contributed by atoms with van der Waals surface area (Å²) in [5.74, 6) is -1.32. The largest absolute Gasteiger partial charge is 0.508 e. The van der Waals surface area contributed by atoms with Gasteiger partial charge in [-0.2, -0.15) is 0 Å². The molecule has 4 N–H and O–H groups in total. The summed E-state index contributed by atoms with van der Waals surface area (Å²) in [7, 11) is 0. The molecular formula is C60H74ClFN8O11S. The monoisotopic (exact) mass is 1170 g/mol. The molecule has 22 heteroatoms. The zero-order chi connectivity index (χ0) is 58.3. The van der Waals surface area contributed by atoms with Gasteiger partial charge in [-0.15, -0.1) is 11.3 Å². The van der Waals surface area contributed by atoms with Crippen molar-refractivity contribution in [1.29, 1.82) is 0 Å². The van der Waals surface area contributed by atoms with Crippen LogP contribution in [0.4, 0.5) is 10.2 Å². The first-order valence-electron chi connectivity index (χ1n) is 27.8. The van der Waals surface area contributed by atoms with Gasteiger partial charge in [-0.3, -0.25) is 19.2 Å². The molecule has 0 spiro atoms. The summed E-state index contributed by atoms with van der Waals surface area (Å²) in [6.07, 6.45) is 2.34. The predicted molar refractivity (Wildman–Crippen MR) is 312 cm³/mol. The van der Waals surface area contributed by atoms with E-state index in [2.05, 4.69) is 25.6 Å². The summed E-state index contributed by atoms with van der Waals surface area (Å²) in [6, 6.07) is 17.8. The van der Waals surface area contributed by atoms with Gasteiger partial charge in [-0.1, -0.05) is 80.9 Å². The van der Waals surface area contributed by atoms with E-state index < -0.39 is 41.2 Å². The number of aliphatic hydroxyl groups excluding tert-OH is 1. The van der Waals surface area contributed by atoms with Crippen molar-refractivity contribution in [3.05, 3.63) is 101 Å². The van der Waals surface area contributed by atoms with Gasteiger partial charge in [0.25, 0.3) is 0 Å². The van der Waals surface area contributed by atoms with Gasteiger partial charge in [0.1, 0.15) is 42.1 Å². The van der Waals surface area contributed by atoms with Crippen LogP contribution in [0.2, 0.25) is 5.02 Å². The van der Waals surface area contributed by atoms with Crippen LogP contribution >= 0.6 is 22.9 Å². The molecule has 2 fully saturated rings. The van der Waals surface area contributed by atoms with Crippen molar-refractivity contribution < 1.29 is 57.5 Å². The number of nitrogens with one attached hydrogen (secondary N) is 2. The number of aromatic nitrogens is 3. The first-order chi connectivity index (χ1) is 39.5. The molecule has 4 amide bonds. The molecule has 4 atom stereocenters. The third kappa shape index (κ3) is 16.0. The molecule has 19 nitrogen and oxygen atoms in total. The maximum atomic E-state index is 16.3. The van der Waals surface area contributed by atoms with E-state index in [1.54, 1.807) is 23.5 Å². The second-order valence-electron chi connectivity index (χ2n) is 21.6. The molecule has 2 saturated heterocycles. The van der Waals surface area contributed by atoms with E-state index in [1.165, 1.54) is 17.3 Å². The predicted octanol–water partition coefficient (Wildman–Crippen LogP) is 7.65. The number of benzene rings is 4. The number of hydrogen-bond donors (Lipinski definition) is 4. The highest BCUT2D eigenvalue weighted by atomic mass is 35.5. The number of likely N-dealkylation sites (tertiary alicyclic amines) is 1. The smallest absolute Gasteiger partial charge is 0.246 e. The number of β-amino-alcohol motifs (C(OH)–C–C–N with tert-alkyl or cyclic N) is 1. The number of amides is 4. The molecule has 0 radical (unpaired) electrons. The van der Waals surface area contributed by atoms with Crippen LogP contribution in [-0.4, -0.2) is 176 Å². The van der Waals surface area contributed by atoms with E-state index in [-0.39, 0.29) is 72.5 Å². The average Bonchev–Trinajstić information content (AvgIpc) is 2.68. The van der Waals surface area contributed by atoms with Gasteiger partial charge in [0.15, 0.2) is 5.82 Å². The SMILES string of the molecule is Cc1ncsc1-c1ccc([C@H](C)NC(=O)[C@@H]2C[C@@H](O)CN2C(=O)[C@@H](NC(=O)COCCOCCOCCOCCOCCCCC(=O)N2CCN(c3ncnc4c(F)c(-c5cc(O)cc6ccccc56)c(Cl)cc34)CC2)C(C)(C)C)cc1. The molecule has 4 aromatic carbocycles. The number of piperazine rings is 1. The van der Waals surface area contributed by atoms with Crippen molar-refractivity contribution in [3.8, 4) is 27.3 Å². The van der Waals surface area contributed by atoms with Crippen LogP contribution in [0.1, 0.15) is 70.7 Å². The number of carbonyl (C=O) groups excluding carboxylic acids is 4. The minimum Gasteiger partial charge on any atom is -0.508 e. The van der Waals surface area contributed by atoms with Gasteiger partial charge < -0.3 is 59.2 Å². The second kappa shape index (κ2) is 29.2. The van der Waals surface area contributed by atoms with E-state index in [4.69, 9.17) is 35.3 Å². The number of carbonyl (C=O) groups is 4. The molecule has 0 unspecified atom stereocenters. The lowest BCUT2D eigenvalue weighted by atomic mass is 9.85. The molecule has 0 aliphatic carbocycles. The standard InChI is InChI=1S/C60H74ClFN8O11S/c1-38(40-13-15-41(16-14-40)55-39(2)65-37-82-55)66-58(75)49-32-44(72)34-70(49)59(76)56(60(3,4)5)67-50(73)35-81-29-28-80-27-26-79-25-24-78-23-22-77-21-9-8-12-51(74)68-17-19-69(20-18-68)57-47-33-48(61)52(53(62)54(47)63-36-64-57)46-31-43(71)30-42-10-6-7-11-45(42)46/h6-7,10-11,13-16,30-31,33,36-38,44,49,56,71-72H,8-9,12,17-29,32,34-35H2,1-5H3,(H,66,75)(H,67,73)/t38-,44+,49-,56+/m0/s1. The summed E-state index contributed by atoms with van der Waals surface area (Å²) < 4.78 is 44.3. The van der Waals surface area contributed by atoms with Gasteiger partial charge >= 0.3 is 0 Å². The van der Waals surface area contributed by atoms with Crippen molar-refractivity contribution >= 4 is 74.1 Å². The topological polar surface area (TPSA) is 227 Å². The van der Waals surface area contributed by atoms with Crippen LogP contribution in [0, 0.1) is 18.2 Å². The van der Waals surface area contributed by atoms with Gasteiger partial charge in [0, 0.05) is 63.1 Å². The zero-order valence-corrected chi connectivity index (χ0v) is 48.7. The molecule has 0 saturated carbocycles. The molecule has 82 heavy (non-hydrogen) atoms. The maximum absolute atomic E-state index is 16.3. The van der Waals surface area contributed by atoms with Crippen LogP contribution in [0.5, 0.6) is 5.75 Å². The first kappa shape index (κ1) is 61.6. The molecule has 440 valence electrons. The number of aryl methyl sites for hydroxylation is 1. The second-order valence-corrected chi connectivity index (χ2v) is 22.8. The van der Waals surface area contributed by atoms with Crippen LogP contribution < -0.4 is 15.5 Å². The Morgan fingerprint density at radius 2 is 1.48 bits per heavy atom. The van der Waals surface area contributed by atoms with E-state index in [1.807, 2.05) is 98.5 Å². The Hall–Kier alpha value is -6.43. The van der Waals surface area contributed by atoms with E-state index in [0.717, 1.165) is 38.9 Å². The Bertz CT molecular complexity index is 3140.